The summed E-state index contributed by atoms with van der Waals surface area (Å²) in [7, 11) is 1.29. The van der Waals surface area contributed by atoms with Gasteiger partial charge in [-0.2, -0.15) is 0 Å². The third-order valence-electron chi connectivity index (χ3n) is 5.97. The van der Waals surface area contributed by atoms with E-state index in [-0.39, 0.29) is 36.9 Å². The van der Waals surface area contributed by atoms with Gasteiger partial charge in [0, 0.05) is 39.0 Å². The zero-order valence-electron chi connectivity index (χ0n) is 22.3. The molecule has 1 rings (SSSR count). The summed E-state index contributed by atoms with van der Waals surface area (Å²) in [5, 5.41) is 0. The molecule has 0 saturated heterocycles. The van der Waals surface area contributed by atoms with Gasteiger partial charge in [0.05, 0.1) is 11.6 Å². The average molecular weight is 588 g/mol. The van der Waals surface area contributed by atoms with Gasteiger partial charge in [-0.15, -0.1) is 0 Å². The van der Waals surface area contributed by atoms with E-state index in [2.05, 4.69) is 27.6 Å². The summed E-state index contributed by atoms with van der Waals surface area (Å²) in [6.45, 7) is 5.94. The molecule has 37 heavy (non-hydrogen) atoms. The van der Waals surface area contributed by atoms with Gasteiger partial charge < -0.3 is 18.9 Å². The van der Waals surface area contributed by atoms with Crippen molar-refractivity contribution in [2.45, 2.75) is 97.4 Å². The summed E-state index contributed by atoms with van der Waals surface area (Å²) in [4.78, 5) is 59.8. The van der Waals surface area contributed by atoms with Crippen molar-refractivity contribution >= 4 is 45.6 Å². The van der Waals surface area contributed by atoms with Crippen molar-refractivity contribution in [2.24, 2.45) is 11.8 Å². The van der Waals surface area contributed by atoms with Gasteiger partial charge in [0.25, 0.3) is 0 Å². The lowest BCUT2D eigenvalue weighted by atomic mass is 9.86. The van der Waals surface area contributed by atoms with Crippen LogP contribution in [0.25, 0.3) is 0 Å². The van der Waals surface area contributed by atoms with E-state index in [1.807, 2.05) is 6.08 Å². The van der Waals surface area contributed by atoms with Gasteiger partial charge in [0.2, 0.25) is 0 Å². The minimum Gasteiger partial charge on any atom is -0.469 e. The Hall–Kier alpha value is -2.49. The number of Topliss-reactive ketones (excluding diaryl/α,β-unsaturated/α-hetero) is 1. The van der Waals surface area contributed by atoms with E-state index < -0.39 is 42.1 Å². The van der Waals surface area contributed by atoms with Crippen molar-refractivity contribution in [1.29, 1.82) is 0 Å². The number of carbonyl (C=O) groups excluding carboxylic acids is 5. The molecule has 0 aromatic heterocycles. The zero-order chi connectivity index (χ0) is 28.0. The predicted molar refractivity (Wildman–Crippen MR) is 139 cm³/mol. The van der Waals surface area contributed by atoms with Crippen molar-refractivity contribution in [3.8, 4) is 0 Å². The van der Waals surface area contributed by atoms with Gasteiger partial charge in [0.15, 0.2) is 5.78 Å². The maximum atomic E-state index is 13.0. The number of ether oxygens (including phenoxy) is 4. The van der Waals surface area contributed by atoms with Gasteiger partial charge in [-0.1, -0.05) is 31.9 Å². The quantitative estimate of drug-likeness (QED) is 0.109. The van der Waals surface area contributed by atoms with Crippen LogP contribution in [-0.4, -0.2) is 55.1 Å². The molecule has 9 nitrogen and oxygen atoms in total. The Morgan fingerprint density at radius 2 is 1.57 bits per heavy atom. The number of esters is 4. The lowest BCUT2D eigenvalue weighted by molar-refractivity contribution is -0.168. The molecule has 1 aliphatic carbocycles. The van der Waals surface area contributed by atoms with Gasteiger partial charge in [-0.25, -0.2) is 0 Å². The van der Waals surface area contributed by atoms with Crippen LogP contribution in [0.15, 0.2) is 22.7 Å². The number of methoxy groups -OCH3 is 1. The number of unbranched alkanes of at least 4 members (excludes halogenated alkanes) is 2. The highest BCUT2D eigenvalue weighted by atomic mass is 79.9. The predicted octanol–water partition coefficient (Wildman–Crippen LogP) is 4.75. The molecule has 0 amide bonds. The zero-order valence-corrected chi connectivity index (χ0v) is 23.9. The van der Waals surface area contributed by atoms with E-state index in [1.165, 1.54) is 27.9 Å². The van der Waals surface area contributed by atoms with E-state index in [4.69, 9.17) is 14.2 Å². The van der Waals surface area contributed by atoms with E-state index in [9.17, 15) is 24.0 Å². The van der Waals surface area contributed by atoms with Crippen LogP contribution in [0.4, 0.5) is 0 Å². The van der Waals surface area contributed by atoms with Crippen LogP contribution in [0.2, 0.25) is 0 Å². The molecule has 5 atom stereocenters. The largest absolute Gasteiger partial charge is 0.469 e. The van der Waals surface area contributed by atoms with E-state index in [0.717, 1.165) is 19.3 Å². The van der Waals surface area contributed by atoms with Crippen molar-refractivity contribution in [3.63, 3.8) is 0 Å². The number of rotatable bonds is 16. The fourth-order valence-electron chi connectivity index (χ4n) is 4.25. The third-order valence-corrected chi connectivity index (χ3v) is 6.62. The molecular formula is C27H39BrO9. The fraction of sp³-hybridized carbons (Fsp3) is 0.667. The normalized spacial score (nSPS) is 19.6. The highest BCUT2D eigenvalue weighted by Gasteiger charge is 2.39. The number of halogens is 1. The van der Waals surface area contributed by atoms with E-state index in [1.54, 1.807) is 12.2 Å². The average Bonchev–Trinajstić information content (AvgIpc) is 3.08. The highest BCUT2D eigenvalue weighted by Crippen LogP contribution is 2.36. The number of hydrogen-bond acceptors (Lipinski definition) is 9. The van der Waals surface area contributed by atoms with Gasteiger partial charge in [0.1, 0.15) is 18.3 Å². The number of hydrogen-bond donors (Lipinski definition) is 0. The molecular weight excluding hydrogens is 548 g/mol. The fourth-order valence-corrected chi connectivity index (χ4v) is 4.85. The van der Waals surface area contributed by atoms with Crippen molar-refractivity contribution < 1.29 is 42.9 Å². The van der Waals surface area contributed by atoms with Crippen LogP contribution in [0.5, 0.6) is 0 Å². The molecule has 0 heterocycles. The second kappa shape index (κ2) is 17.1. The first-order valence-electron chi connectivity index (χ1n) is 12.7. The Morgan fingerprint density at radius 1 is 0.946 bits per heavy atom. The molecule has 0 aliphatic heterocycles. The summed E-state index contributed by atoms with van der Waals surface area (Å²) in [5.41, 5.74) is 0. The first-order valence-corrected chi connectivity index (χ1v) is 13.5. The van der Waals surface area contributed by atoms with Crippen LogP contribution in [-0.2, 0) is 42.9 Å². The number of allylic oxidation sites excluding steroid dienone is 3. The standard InChI is InChI=1S/C27H39BrO9/c1-6-7-8-10-21(35-17(2)29)14-13-20-15-23(28)27(33)22(20)16-25(37-19(4)31)24(36-18(3)30)11-9-12-26(32)34-5/h13-15,20-22,24-25H,6-12,16H2,1-5H3/b14-13+/t20-,21-,22+,24?,25?/m0/s1. The SMILES string of the molecule is CCCCC[C@@H](/C=C/[C@H]1C=C(Br)C(=O)[C@@H]1CC(OC(C)=O)C(CCCC(=O)OC)OC(C)=O)OC(C)=O. The Labute approximate surface area is 227 Å². The lowest BCUT2D eigenvalue weighted by Crippen LogP contribution is -2.38. The van der Waals surface area contributed by atoms with Gasteiger partial charge in [-0.3, -0.25) is 24.0 Å². The first kappa shape index (κ1) is 32.5. The summed E-state index contributed by atoms with van der Waals surface area (Å²) in [6, 6.07) is 0. The molecule has 2 unspecified atom stereocenters. The number of ketones is 1. The molecule has 1 aliphatic rings. The van der Waals surface area contributed by atoms with Gasteiger partial charge in [-0.05, 0) is 54.1 Å². The summed E-state index contributed by atoms with van der Waals surface area (Å²) in [5.74, 6) is -3.04. The molecule has 0 saturated carbocycles. The lowest BCUT2D eigenvalue weighted by Gasteiger charge is -2.29. The molecule has 0 radical (unpaired) electrons. The highest BCUT2D eigenvalue weighted by molar-refractivity contribution is 9.12. The summed E-state index contributed by atoms with van der Waals surface area (Å²) >= 11 is 3.31. The van der Waals surface area contributed by atoms with Gasteiger partial charge >= 0.3 is 23.9 Å². The Bertz CT molecular complexity index is 864. The molecule has 0 spiro atoms. The smallest absolute Gasteiger partial charge is 0.305 e. The van der Waals surface area contributed by atoms with Crippen LogP contribution < -0.4 is 0 Å². The van der Waals surface area contributed by atoms with Crippen molar-refractivity contribution in [1.82, 2.24) is 0 Å². The van der Waals surface area contributed by atoms with Crippen LogP contribution in [0.3, 0.4) is 0 Å². The van der Waals surface area contributed by atoms with Crippen LogP contribution >= 0.6 is 15.9 Å². The van der Waals surface area contributed by atoms with Crippen molar-refractivity contribution in [3.05, 3.63) is 22.7 Å². The second-order valence-corrected chi connectivity index (χ2v) is 9.95. The Kier molecular flexibility index (Phi) is 15.0. The van der Waals surface area contributed by atoms with Crippen molar-refractivity contribution in [2.75, 3.05) is 7.11 Å². The minimum atomic E-state index is -0.899. The number of carbonyl (C=O) groups is 5. The van der Waals surface area contributed by atoms with Crippen LogP contribution in [0, 0.1) is 11.8 Å². The van der Waals surface area contributed by atoms with E-state index >= 15 is 0 Å². The third kappa shape index (κ3) is 12.5. The minimum absolute atomic E-state index is 0.100. The first-order chi connectivity index (χ1) is 17.5. The molecule has 0 aromatic carbocycles. The van der Waals surface area contributed by atoms with Crippen LogP contribution in [0.1, 0.15) is 79.1 Å². The molecule has 208 valence electrons. The van der Waals surface area contributed by atoms with E-state index in [0.29, 0.717) is 17.3 Å². The monoisotopic (exact) mass is 586 g/mol. The topological polar surface area (TPSA) is 122 Å². The Morgan fingerprint density at radius 3 is 2.14 bits per heavy atom. The summed E-state index contributed by atoms with van der Waals surface area (Å²) in [6.07, 6.45) is 7.65. The molecule has 10 heteroatoms. The second-order valence-electron chi connectivity index (χ2n) is 9.09. The summed E-state index contributed by atoms with van der Waals surface area (Å²) < 4.78 is 21.5. The molecule has 0 bridgehead atoms. The maximum Gasteiger partial charge on any atom is 0.305 e. The maximum absolute atomic E-state index is 13.0. The molecule has 0 aromatic rings. The molecule has 0 N–H and O–H groups in total. The Balaban J connectivity index is 3.12. The molecule has 0 fully saturated rings.